The second kappa shape index (κ2) is 7.79. The molecule has 0 unspecified atom stereocenters. The van der Waals surface area contributed by atoms with Gasteiger partial charge in [-0.3, -0.25) is 9.59 Å². The van der Waals surface area contributed by atoms with Gasteiger partial charge < -0.3 is 4.74 Å². The van der Waals surface area contributed by atoms with Crippen molar-refractivity contribution in [3.63, 3.8) is 0 Å². The van der Waals surface area contributed by atoms with Gasteiger partial charge in [0.2, 0.25) is 0 Å². The molecule has 130 valence electrons. The lowest BCUT2D eigenvalue weighted by Gasteiger charge is -2.06. The van der Waals surface area contributed by atoms with Crippen molar-refractivity contribution < 1.29 is 27.5 Å². The van der Waals surface area contributed by atoms with Gasteiger partial charge in [0.05, 0.1) is 12.7 Å². The molecular weight excluding hydrogens is 333 g/mol. The van der Waals surface area contributed by atoms with Crippen molar-refractivity contribution in [1.29, 1.82) is 0 Å². The van der Waals surface area contributed by atoms with Crippen molar-refractivity contribution in [3.8, 4) is 0 Å². The summed E-state index contributed by atoms with van der Waals surface area (Å²) < 4.78 is 42.1. The van der Waals surface area contributed by atoms with Crippen LogP contribution in [0, 0.1) is 0 Å². The smallest absolute Gasteiger partial charge is 0.416 e. The number of hydrogen-bond donors (Lipinski definition) is 0. The van der Waals surface area contributed by atoms with Gasteiger partial charge in [0.1, 0.15) is 6.42 Å². The Labute approximate surface area is 142 Å². The quantitative estimate of drug-likeness (QED) is 0.343. The summed E-state index contributed by atoms with van der Waals surface area (Å²) in [6.07, 6.45) is -1.53. The van der Waals surface area contributed by atoms with E-state index < -0.39 is 17.7 Å². The maximum Gasteiger partial charge on any atom is 0.416 e. The summed E-state index contributed by atoms with van der Waals surface area (Å²) in [5.41, 5.74) is 0.744. The second-order valence-corrected chi connectivity index (χ2v) is 5.22. The Balaban J connectivity index is 2.21. The van der Waals surface area contributed by atoms with Gasteiger partial charge >= 0.3 is 12.1 Å². The van der Waals surface area contributed by atoms with Crippen LogP contribution in [0.2, 0.25) is 0 Å². The molecule has 2 rings (SSSR count). The summed E-state index contributed by atoms with van der Waals surface area (Å²) in [5, 5.41) is 0. The summed E-state index contributed by atoms with van der Waals surface area (Å²) in [5.74, 6) is -1.02. The van der Waals surface area contributed by atoms with E-state index in [4.69, 9.17) is 0 Å². The van der Waals surface area contributed by atoms with E-state index in [2.05, 4.69) is 4.74 Å². The lowest BCUT2D eigenvalue weighted by molar-refractivity contribution is -0.139. The average Bonchev–Trinajstić information content (AvgIpc) is 2.59. The molecule has 0 atom stereocenters. The Bertz CT molecular complexity index is 790. The molecule has 0 aliphatic rings. The Morgan fingerprint density at radius 1 is 1.00 bits per heavy atom. The first-order valence-electron chi connectivity index (χ1n) is 7.35. The Kier molecular flexibility index (Phi) is 5.75. The summed E-state index contributed by atoms with van der Waals surface area (Å²) in [4.78, 5) is 23.4. The predicted octanol–water partition coefficient (Wildman–Crippen LogP) is 4.62. The number of benzene rings is 2. The lowest BCUT2D eigenvalue weighted by atomic mass is 10.0. The Morgan fingerprint density at radius 3 is 2.24 bits per heavy atom. The highest BCUT2D eigenvalue weighted by atomic mass is 19.4. The molecule has 0 fully saturated rings. The standard InChI is InChI=1S/C19H15F3O3/c1-25-18(24)12-17(23)16-5-3-2-4-14(16)9-6-13-7-10-15(11-8-13)19(20,21)22/h2-11H,12H2,1H3/b9-6+. The zero-order valence-electron chi connectivity index (χ0n) is 13.3. The number of ether oxygens (including phenoxy) is 1. The summed E-state index contributed by atoms with van der Waals surface area (Å²) in [6.45, 7) is 0. The molecule has 6 heteroatoms. The van der Waals surface area contributed by atoms with E-state index in [1.54, 1.807) is 36.4 Å². The fraction of sp³-hybridized carbons (Fsp3) is 0.158. The fourth-order valence-electron chi connectivity index (χ4n) is 2.16. The van der Waals surface area contributed by atoms with Crippen molar-refractivity contribution in [2.75, 3.05) is 7.11 Å². The molecule has 0 bridgehead atoms. The topological polar surface area (TPSA) is 43.4 Å². The molecule has 0 saturated carbocycles. The summed E-state index contributed by atoms with van der Waals surface area (Å²) in [6, 6.07) is 11.3. The van der Waals surface area contributed by atoms with E-state index in [0.29, 0.717) is 16.7 Å². The molecule has 0 aliphatic carbocycles. The number of ketones is 1. The highest BCUT2D eigenvalue weighted by molar-refractivity contribution is 6.08. The van der Waals surface area contributed by atoms with Crippen molar-refractivity contribution in [3.05, 3.63) is 70.8 Å². The number of esters is 1. The van der Waals surface area contributed by atoms with Crippen molar-refractivity contribution in [2.45, 2.75) is 12.6 Å². The number of carbonyl (C=O) groups excluding carboxylic acids is 2. The third kappa shape index (κ3) is 5.04. The summed E-state index contributed by atoms with van der Waals surface area (Å²) >= 11 is 0. The Hall–Kier alpha value is -2.89. The highest BCUT2D eigenvalue weighted by Crippen LogP contribution is 2.29. The first-order chi connectivity index (χ1) is 11.8. The van der Waals surface area contributed by atoms with Crippen LogP contribution in [0.3, 0.4) is 0 Å². The molecule has 2 aromatic carbocycles. The van der Waals surface area contributed by atoms with Crippen LogP contribution in [0.5, 0.6) is 0 Å². The van der Waals surface area contributed by atoms with E-state index >= 15 is 0 Å². The maximum atomic E-state index is 12.6. The number of carbonyl (C=O) groups is 2. The molecule has 0 aromatic heterocycles. The zero-order valence-corrected chi connectivity index (χ0v) is 13.3. The van der Waals surface area contributed by atoms with Gasteiger partial charge in [-0.25, -0.2) is 0 Å². The van der Waals surface area contributed by atoms with Gasteiger partial charge in [-0.05, 0) is 23.3 Å². The molecule has 0 radical (unpaired) electrons. The number of methoxy groups -OCH3 is 1. The minimum Gasteiger partial charge on any atom is -0.469 e. The maximum absolute atomic E-state index is 12.6. The third-order valence-electron chi connectivity index (χ3n) is 3.49. The highest BCUT2D eigenvalue weighted by Gasteiger charge is 2.29. The molecular formula is C19H15F3O3. The van der Waals surface area contributed by atoms with Gasteiger partial charge in [0, 0.05) is 5.56 Å². The van der Waals surface area contributed by atoms with Crippen LogP contribution in [0.4, 0.5) is 13.2 Å². The van der Waals surface area contributed by atoms with Gasteiger partial charge in [0.15, 0.2) is 5.78 Å². The number of hydrogen-bond acceptors (Lipinski definition) is 3. The van der Waals surface area contributed by atoms with Gasteiger partial charge in [-0.15, -0.1) is 0 Å². The van der Waals surface area contributed by atoms with Gasteiger partial charge in [-0.1, -0.05) is 48.6 Å². The minimum absolute atomic E-state index is 0.344. The SMILES string of the molecule is COC(=O)CC(=O)c1ccccc1/C=C/c1ccc(C(F)(F)F)cc1. The molecule has 3 nitrogen and oxygen atoms in total. The number of alkyl halides is 3. The number of rotatable bonds is 5. The van der Waals surface area contributed by atoms with E-state index in [1.165, 1.54) is 19.2 Å². The van der Waals surface area contributed by atoms with Gasteiger partial charge in [0.25, 0.3) is 0 Å². The zero-order chi connectivity index (χ0) is 18.4. The first kappa shape index (κ1) is 18.4. The predicted molar refractivity (Wildman–Crippen MR) is 87.8 cm³/mol. The largest absolute Gasteiger partial charge is 0.469 e. The monoisotopic (exact) mass is 348 g/mol. The van der Waals surface area contributed by atoms with Crippen LogP contribution in [0.1, 0.15) is 33.5 Å². The van der Waals surface area contributed by atoms with Crippen LogP contribution < -0.4 is 0 Å². The van der Waals surface area contributed by atoms with Crippen LogP contribution in [0.25, 0.3) is 12.2 Å². The molecule has 0 heterocycles. The molecule has 25 heavy (non-hydrogen) atoms. The third-order valence-corrected chi connectivity index (χ3v) is 3.49. The minimum atomic E-state index is -4.38. The Morgan fingerprint density at radius 2 is 1.64 bits per heavy atom. The van der Waals surface area contributed by atoms with E-state index in [1.807, 2.05) is 0 Å². The molecule has 0 spiro atoms. The number of halogens is 3. The fourth-order valence-corrected chi connectivity index (χ4v) is 2.16. The second-order valence-electron chi connectivity index (χ2n) is 5.22. The molecule has 0 aliphatic heterocycles. The average molecular weight is 348 g/mol. The van der Waals surface area contributed by atoms with Crippen LogP contribution >= 0.6 is 0 Å². The summed E-state index contributed by atoms with van der Waals surface area (Å²) in [7, 11) is 1.20. The van der Waals surface area contributed by atoms with Crippen molar-refractivity contribution in [2.24, 2.45) is 0 Å². The molecule has 2 aromatic rings. The van der Waals surface area contributed by atoms with Crippen molar-refractivity contribution in [1.82, 2.24) is 0 Å². The van der Waals surface area contributed by atoms with Crippen LogP contribution in [-0.2, 0) is 15.7 Å². The molecule has 0 saturated heterocycles. The number of Topliss-reactive ketones (excluding diaryl/α,β-unsaturated/α-hetero) is 1. The van der Waals surface area contributed by atoms with Crippen LogP contribution in [-0.4, -0.2) is 18.9 Å². The van der Waals surface area contributed by atoms with Crippen molar-refractivity contribution >= 4 is 23.9 Å². The lowest BCUT2D eigenvalue weighted by Crippen LogP contribution is -2.10. The van der Waals surface area contributed by atoms with E-state index in [-0.39, 0.29) is 12.2 Å². The normalized spacial score (nSPS) is 11.5. The van der Waals surface area contributed by atoms with E-state index in [9.17, 15) is 22.8 Å². The van der Waals surface area contributed by atoms with Gasteiger partial charge in [-0.2, -0.15) is 13.2 Å². The first-order valence-corrected chi connectivity index (χ1v) is 7.35. The van der Waals surface area contributed by atoms with E-state index in [0.717, 1.165) is 12.1 Å². The molecule has 0 N–H and O–H groups in total. The van der Waals surface area contributed by atoms with Crippen LogP contribution in [0.15, 0.2) is 48.5 Å². The molecule has 0 amide bonds.